The maximum Gasteiger partial charge on any atom is 0.329 e. The monoisotopic (exact) mass is 419 g/mol. The summed E-state index contributed by atoms with van der Waals surface area (Å²) in [6.07, 6.45) is 1.46. The fourth-order valence-corrected chi connectivity index (χ4v) is 2.87. The van der Waals surface area contributed by atoms with Crippen molar-refractivity contribution in [2.45, 2.75) is 0 Å². The molecule has 9 heteroatoms. The predicted octanol–water partition coefficient (Wildman–Crippen LogP) is 3.53. The molecule has 2 N–H and O–H groups in total. The summed E-state index contributed by atoms with van der Waals surface area (Å²) < 4.78 is 5.16. The van der Waals surface area contributed by atoms with Gasteiger partial charge in [-0.2, -0.15) is 0 Å². The second-order valence-electron chi connectivity index (χ2n) is 5.80. The van der Waals surface area contributed by atoms with Gasteiger partial charge in [-0.15, -0.1) is 0 Å². The Morgan fingerprint density at radius 3 is 2.64 bits per heavy atom. The molecule has 144 valence electrons. The number of imide groups is 1. The van der Waals surface area contributed by atoms with E-state index < -0.39 is 24.4 Å². The van der Waals surface area contributed by atoms with Crippen LogP contribution in [0, 0.1) is 0 Å². The van der Waals surface area contributed by atoms with Gasteiger partial charge in [-0.25, -0.2) is 9.69 Å². The summed E-state index contributed by atoms with van der Waals surface area (Å²) >= 11 is 11.8. The number of anilines is 1. The fraction of sp³-hybridized carbons (Fsp3) is 0.105. The van der Waals surface area contributed by atoms with Crippen molar-refractivity contribution in [2.24, 2.45) is 0 Å². The second-order valence-corrected chi connectivity index (χ2v) is 6.62. The molecule has 0 aliphatic carbocycles. The third-order valence-corrected chi connectivity index (χ3v) is 4.64. The van der Waals surface area contributed by atoms with Crippen LogP contribution in [0.5, 0.6) is 5.75 Å². The minimum atomic E-state index is -0.688. The van der Waals surface area contributed by atoms with E-state index in [-0.39, 0.29) is 5.70 Å². The van der Waals surface area contributed by atoms with E-state index in [1.165, 1.54) is 13.2 Å². The zero-order chi connectivity index (χ0) is 20.3. The van der Waals surface area contributed by atoms with Crippen LogP contribution in [0.4, 0.5) is 10.5 Å². The molecule has 0 radical (unpaired) electrons. The van der Waals surface area contributed by atoms with Crippen LogP contribution in [0.25, 0.3) is 6.08 Å². The summed E-state index contributed by atoms with van der Waals surface area (Å²) in [5.74, 6) is -0.691. The topological polar surface area (TPSA) is 87.7 Å². The molecule has 0 unspecified atom stereocenters. The van der Waals surface area contributed by atoms with Crippen molar-refractivity contribution in [3.05, 3.63) is 63.8 Å². The maximum absolute atomic E-state index is 12.5. The van der Waals surface area contributed by atoms with Gasteiger partial charge in [-0.05, 0) is 35.9 Å². The van der Waals surface area contributed by atoms with E-state index in [0.717, 1.165) is 4.90 Å². The quantitative estimate of drug-likeness (QED) is 0.572. The molecule has 3 rings (SSSR count). The molecule has 2 aromatic carbocycles. The highest BCUT2D eigenvalue weighted by Crippen LogP contribution is 2.25. The van der Waals surface area contributed by atoms with Crippen molar-refractivity contribution in [1.29, 1.82) is 0 Å². The Morgan fingerprint density at radius 1 is 1.18 bits per heavy atom. The Morgan fingerprint density at radius 2 is 1.93 bits per heavy atom. The number of rotatable bonds is 5. The zero-order valence-corrected chi connectivity index (χ0v) is 16.2. The number of para-hydroxylation sites is 2. The highest BCUT2D eigenvalue weighted by atomic mass is 35.5. The van der Waals surface area contributed by atoms with E-state index in [9.17, 15) is 14.4 Å². The molecule has 1 heterocycles. The third kappa shape index (κ3) is 4.27. The number of carbonyl (C=O) groups is 3. The Hall–Kier alpha value is -3.03. The SMILES string of the molecule is COc1ccccc1NC(=O)CN1C(=O)N/C(=C/c2ccc(Cl)c(Cl)c2)C1=O. The number of methoxy groups -OCH3 is 1. The number of hydrogen-bond donors (Lipinski definition) is 2. The zero-order valence-electron chi connectivity index (χ0n) is 14.7. The number of nitrogens with zero attached hydrogens (tertiary/aromatic N) is 1. The lowest BCUT2D eigenvalue weighted by atomic mass is 10.2. The first-order valence-electron chi connectivity index (χ1n) is 8.11. The van der Waals surface area contributed by atoms with E-state index >= 15 is 0 Å². The lowest BCUT2D eigenvalue weighted by Gasteiger charge is -2.13. The molecule has 0 saturated carbocycles. The smallest absolute Gasteiger partial charge is 0.329 e. The van der Waals surface area contributed by atoms with E-state index in [4.69, 9.17) is 27.9 Å². The van der Waals surface area contributed by atoms with Crippen LogP contribution in [0.15, 0.2) is 48.2 Å². The molecular formula is C19H15Cl2N3O4. The molecule has 1 aliphatic heterocycles. The number of halogens is 2. The molecule has 2 aromatic rings. The van der Waals surface area contributed by atoms with Gasteiger partial charge in [-0.1, -0.05) is 41.4 Å². The highest BCUT2D eigenvalue weighted by Gasteiger charge is 2.35. The first-order chi connectivity index (χ1) is 13.4. The van der Waals surface area contributed by atoms with Gasteiger partial charge in [-0.3, -0.25) is 9.59 Å². The molecule has 0 spiro atoms. The van der Waals surface area contributed by atoms with Crippen LogP contribution in [0.1, 0.15) is 5.56 Å². The van der Waals surface area contributed by atoms with E-state index in [2.05, 4.69) is 10.6 Å². The van der Waals surface area contributed by atoms with Crippen LogP contribution in [-0.2, 0) is 9.59 Å². The lowest BCUT2D eigenvalue weighted by molar-refractivity contribution is -0.127. The molecule has 1 aliphatic rings. The molecule has 1 saturated heterocycles. The number of ether oxygens (including phenoxy) is 1. The minimum absolute atomic E-state index is 0.0356. The summed E-state index contributed by atoms with van der Waals surface area (Å²) in [7, 11) is 1.47. The van der Waals surface area contributed by atoms with Gasteiger partial charge in [0.15, 0.2) is 0 Å². The predicted molar refractivity (Wildman–Crippen MR) is 106 cm³/mol. The average molecular weight is 420 g/mol. The van der Waals surface area contributed by atoms with E-state index in [1.54, 1.807) is 42.5 Å². The Labute approximate surface area is 170 Å². The number of carbonyl (C=O) groups excluding carboxylic acids is 3. The van der Waals surface area contributed by atoms with Crippen molar-refractivity contribution in [3.63, 3.8) is 0 Å². The number of nitrogens with one attached hydrogen (secondary N) is 2. The highest BCUT2D eigenvalue weighted by molar-refractivity contribution is 6.42. The molecule has 28 heavy (non-hydrogen) atoms. The largest absolute Gasteiger partial charge is 0.495 e. The van der Waals surface area contributed by atoms with Crippen LogP contribution in [-0.4, -0.2) is 36.4 Å². The number of amides is 4. The summed E-state index contributed by atoms with van der Waals surface area (Å²) in [6.45, 7) is -0.443. The van der Waals surface area contributed by atoms with Crippen molar-refractivity contribution in [1.82, 2.24) is 10.2 Å². The molecule has 7 nitrogen and oxygen atoms in total. The number of urea groups is 1. The second kappa shape index (κ2) is 8.33. The Balaban J connectivity index is 1.72. The first kappa shape index (κ1) is 19.7. The maximum atomic E-state index is 12.5. The van der Waals surface area contributed by atoms with Gasteiger partial charge < -0.3 is 15.4 Å². The molecule has 4 amide bonds. The Bertz CT molecular complexity index is 991. The normalized spacial score (nSPS) is 15.0. The average Bonchev–Trinajstić information content (AvgIpc) is 2.92. The van der Waals surface area contributed by atoms with Gasteiger partial charge in [0.05, 0.1) is 22.8 Å². The summed E-state index contributed by atoms with van der Waals surface area (Å²) in [6, 6.07) is 10.9. The van der Waals surface area contributed by atoms with E-state index in [0.29, 0.717) is 27.0 Å². The van der Waals surface area contributed by atoms with Crippen molar-refractivity contribution in [3.8, 4) is 5.75 Å². The number of hydrogen-bond acceptors (Lipinski definition) is 4. The fourth-order valence-electron chi connectivity index (χ4n) is 2.57. The minimum Gasteiger partial charge on any atom is -0.495 e. The Kier molecular flexibility index (Phi) is 5.87. The summed E-state index contributed by atoms with van der Waals surface area (Å²) in [4.78, 5) is 37.7. The van der Waals surface area contributed by atoms with Gasteiger partial charge in [0.1, 0.15) is 18.0 Å². The molecular weight excluding hydrogens is 405 g/mol. The molecule has 0 bridgehead atoms. The third-order valence-electron chi connectivity index (χ3n) is 3.90. The van der Waals surface area contributed by atoms with Crippen molar-refractivity contribution >= 4 is 52.8 Å². The van der Waals surface area contributed by atoms with Crippen LogP contribution in [0.3, 0.4) is 0 Å². The van der Waals surface area contributed by atoms with Crippen LogP contribution < -0.4 is 15.4 Å². The first-order valence-corrected chi connectivity index (χ1v) is 8.87. The molecule has 0 aromatic heterocycles. The van der Waals surface area contributed by atoms with Gasteiger partial charge in [0.25, 0.3) is 5.91 Å². The summed E-state index contributed by atoms with van der Waals surface area (Å²) in [5.41, 5.74) is 1.06. The standard InChI is InChI=1S/C19H15Cl2N3O4/c1-28-16-5-3-2-4-14(16)22-17(25)10-24-18(26)15(23-19(24)27)9-11-6-7-12(20)13(21)8-11/h2-9H,10H2,1H3,(H,22,25)(H,23,27)/b15-9+. The van der Waals surface area contributed by atoms with Crippen LogP contribution in [0.2, 0.25) is 10.0 Å². The number of benzene rings is 2. The molecule has 1 fully saturated rings. The van der Waals surface area contributed by atoms with Crippen LogP contribution >= 0.6 is 23.2 Å². The van der Waals surface area contributed by atoms with Gasteiger partial charge >= 0.3 is 6.03 Å². The lowest BCUT2D eigenvalue weighted by Crippen LogP contribution is -2.38. The van der Waals surface area contributed by atoms with Crippen molar-refractivity contribution in [2.75, 3.05) is 19.0 Å². The summed E-state index contributed by atoms with van der Waals surface area (Å²) in [5, 5.41) is 5.76. The van der Waals surface area contributed by atoms with Gasteiger partial charge in [0.2, 0.25) is 5.91 Å². The van der Waals surface area contributed by atoms with E-state index in [1.807, 2.05) is 0 Å². The molecule has 0 atom stereocenters. The van der Waals surface area contributed by atoms with Crippen molar-refractivity contribution < 1.29 is 19.1 Å². The van der Waals surface area contributed by atoms with Gasteiger partial charge in [0, 0.05) is 0 Å².